The van der Waals surface area contributed by atoms with Crippen LogP contribution in [0.25, 0.3) is 5.52 Å². The first-order chi connectivity index (χ1) is 6.24. The zero-order valence-corrected chi connectivity index (χ0v) is 8.20. The lowest BCUT2D eigenvalue weighted by molar-refractivity contribution is 0.919. The van der Waals surface area contributed by atoms with E-state index in [1.165, 1.54) is 0 Å². The molecule has 0 aliphatic rings. The quantitative estimate of drug-likeness (QED) is 0.662. The summed E-state index contributed by atoms with van der Waals surface area (Å²) in [5, 5.41) is 0. The topological polar surface area (TPSA) is 30.2 Å². The predicted molar refractivity (Wildman–Crippen MR) is 51.8 cm³/mol. The Labute approximate surface area is 77.4 Å². The maximum Gasteiger partial charge on any atom is 0.113 e. The first-order valence-corrected chi connectivity index (χ1v) is 4.53. The molecule has 0 atom stereocenters. The van der Waals surface area contributed by atoms with Gasteiger partial charge in [-0.25, -0.2) is 4.98 Å². The Morgan fingerprint density at radius 3 is 2.77 bits per heavy atom. The summed E-state index contributed by atoms with van der Waals surface area (Å²) in [5.74, 6) is 1.11. The van der Waals surface area contributed by atoms with Gasteiger partial charge >= 0.3 is 0 Å². The first-order valence-electron chi connectivity index (χ1n) is 4.53. The zero-order valence-electron chi connectivity index (χ0n) is 8.20. The van der Waals surface area contributed by atoms with Crippen molar-refractivity contribution < 1.29 is 0 Å². The third kappa shape index (κ3) is 1.11. The van der Waals surface area contributed by atoms with Crippen molar-refractivity contribution in [3.05, 3.63) is 29.6 Å². The van der Waals surface area contributed by atoms with E-state index >= 15 is 0 Å². The van der Waals surface area contributed by atoms with Crippen LogP contribution in [-0.4, -0.2) is 14.4 Å². The van der Waals surface area contributed by atoms with E-state index in [1.807, 2.05) is 26.2 Å². The van der Waals surface area contributed by atoms with Crippen molar-refractivity contribution in [3.8, 4) is 0 Å². The molecular weight excluding hydrogens is 162 g/mol. The average molecular weight is 175 g/mol. The molecule has 3 nitrogen and oxygen atoms in total. The number of hydrogen-bond donors (Lipinski definition) is 0. The molecule has 2 aromatic heterocycles. The molecule has 0 aliphatic carbocycles. The maximum atomic E-state index is 4.49. The fraction of sp³-hybridized carbons (Fsp3) is 0.400. The predicted octanol–water partition coefficient (Wildman–Crippen LogP) is 1.91. The molecule has 2 heterocycles. The molecule has 0 radical (unpaired) electrons. The van der Waals surface area contributed by atoms with Crippen molar-refractivity contribution >= 4 is 5.52 Å². The van der Waals surface area contributed by atoms with E-state index < -0.39 is 0 Å². The van der Waals surface area contributed by atoms with E-state index in [0.717, 1.165) is 29.1 Å². The van der Waals surface area contributed by atoms with Crippen molar-refractivity contribution in [2.75, 3.05) is 0 Å². The van der Waals surface area contributed by atoms with Gasteiger partial charge in [0, 0.05) is 18.8 Å². The van der Waals surface area contributed by atoms with Gasteiger partial charge < -0.3 is 4.40 Å². The molecular formula is C10H13N3. The van der Waals surface area contributed by atoms with Crippen LogP contribution in [0, 0.1) is 13.8 Å². The van der Waals surface area contributed by atoms with Crippen LogP contribution in [0.3, 0.4) is 0 Å². The van der Waals surface area contributed by atoms with E-state index in [4.69, 9.17) is 0 Å². The average Bonchev–Trinajstić information content (AvgIpc) is 2.44. The summed E-state index contributed by atoms with van der Waals surface area (Å²) in [6, 6.07) is 0. The molecule has 0 N–H and O–H groups in total. The second-order valence-corrected chi connectivity index (χ2v) is 3.20. The Morgan fingerprint density at radius 1 is 1.31 bits per heavy atom. The van der Waals surface area contributed by atoms with Gasteiger partial charge in [0.15, 0.2) is 0 Å². The Morgan fingerprint density at radius 2 is 2.08 bits per heavy atom. The van der Waals surface area contributed by atoms with Crippen LogP contribution in [0.4, 0.5) is 0 Å². The second-order valence-electron chi connectivity index (χ2n) is 3.20. The molecule has 0 unspecified atom stereocenters. The lowest BCUT2D eigenvalue weighted by Gasteiger charge is -1.99. The Bertz CT molecular complexity index is 443. The van der Waals surface area contributed by atoms with Gasteiger partial charge in [-0.05, 0) is 13.8 Å². The fourth-order valence-electron chi connectivity index (χ4n) is 1.72. The number of hydrogen-bond acceptors (Lipinski definition) is 2. The van der Waals surface area contributed by atoms with E-state index in [1.54, 1.807) is 0 Å². The molecule has 13 heavy (non-hydrogen) atoms. The Hall–Kier alpha value is -1.38. The van der Waals surface area contributed by atoms with Gasteiger partial charge in [-0.3, -0.25) is 4.98 Å². The van der Waals surface area contributed by atoms with Crippen LogP contribution in [0.1, 0.15) is 24.1 Å². The molecule has 0 saturated heterocycles. The molecule has 3 heteroatoms. The zero-order chi connectivity index (χ0) is 9.42. The monoisotopic (exact) mass is 175 g/mol. The third-order valence-electron chi connectivity index (χ3n) is 2.30. The molecule has 0 fully saturated rings. The smallest absolute Gasteiger partial charge is 0.113 e. The highest BCUT2D eigenvalue weighted by atomic mass is 15.0. The number of aromatic nitrogens is 3. The van der Waals surface area contributed by atoms with Crippen molar-refractivity contribution in [3.63, 3.8) is 0 Å². The highest BCUT2D eigenvalue weighted by molar-refractivity contribution is 5.56. The van der Waals surface area contributed by atoms with Crippen LogP contribution in [0.15, 0.2) is 12.4 Å². The molecule has 0 aliphatic heterocycles. The minimum atomic E-state index is 0.957. The highest BCUT2D eigenvalue weighted by Gasteiger charge is 2.07. The second kappa shape index (κ2) is 2.83. The number of rotatable bonds is 1. The summed E-state index contributed by atoms with van der Waals surface area (Å²) in [6.45, 7) is 6.16. The van der Waals surface area contributed by atoms with Crippen molar-refractivity contribution in [2.24, 2.45) is 0 Å². The lowest BCUT2D eigenvalue weighted by Crippen LogP contribution is -1.94. The maximum absolute atomic E-state index is 4.49. The normalized spacial score (nSPS) is 11.0. The molecule has 0 bridgehead atoms. The van der Waals surface area contributed by atoms with Gasteiger partial charge in [-0.2, -0.15) is 0 Å². The molecule has 0 saturated carbocycles. The fourth-order valence-corrected chi connectivity index (χ4v) is 1.72. The minimum Gasteiger partial charge on any atom is -0.300 e. The van der Waals surface area contributed by atoms with Gasteiger partial charge in [0.05, 0.1) is 16.9 Å². The number of fused-ring (bicyclic) bond motifs is 1. The van der Waals surface area contributed by atoms with Gasteiger partial charge in [-0.1, -0.05) is 6.92 Å². The van der Waals surface area contributed by atoms with Gasteiger partial charge in [0.2, 0.25) is 0 Å². The summed E-state index contributed by atoms with van der Waals surface area (Å²) in [7, 11) is 0. The molecule has 0 spiro atoms. The van der Waals surface area contributed by atoms with E-state index in [9.17, 15) is 0 Å². The number of imidazole rings is 1. The Kier molecular flexibility index (Phi) is 1.79. The van der Waals surface area contributed by atoms with Crippen molar-refractivity contribution in [1.82, 2.24) is 14.4 Å². The van der Waals surface area contributed by atoms with E-state index in [-0.39, 0.29) is 0 Å². The SMILES string of the molecule is CCc1nc(C)c2c(C)nccn12. The van der Waals surface area contributed by atoms with Crippen LogP contribution in [0.2, 0.25) is 0 Å². The standard InChI is InChI=1S/C10H13N3/c1-4-9-12-8(3)10-7(2)11-5-6-13(9)10/h5-6H,4H2,1-3H3. The highest BCUT2D eigenvalue weighted by Crippen LogP contribution is 2.14. The molecule has 2 aromatic rings. The number of aryl methyl sites for hydroxylation is 3. The summed E-state index contributed by atoms with van der Waals surface area (Å²) in [5.41, 5.74) is 3.27. The minimum absolute atomic E-state index is 0.957. The van der Waals surface area contributed by atoms with E-state index in [0.29, 0.717) is 0 Å². The largest absolute Gasteiger partial charge is 0.300 e. The van der Waals surface area contributed by atoms with Gasteiger partial charge in [0.25, 0.3) is 0 Å². The van der Waals surface area contributed by atoms with Gasteiger partial charge in [0.1, 0.15) is 5.82 Å². The summed E-state index contributed by atoms with van der Waals surface area (Å²) in [6.07, 6.45) is 4.75. The number of nitrogens with zero attached hydrogens (tertiary/aromatic N) is 3. The third-order valence-corrected chi connectivity index (χ3v) is 2.30. The molecule has 0 amide bonds. The van der Waals surface area contributed by atoms with Crippen LogP contribution >= 0.6 is 0 Å². The summed E-state index contributed by atoms with van der Waals surface area (Å²) in [4.78, 5) is 8.75. The van der Waals surface area contributed by atoms with Crippen molar-refractivity contribution in [2.45, 2.75) is 27.2 Å². The van der Waals surface area contributed by atoms with Crippen LogP contribution in [0.5, 0.6) is 0 Å². The van der Waals surface area contributed by atoms with Crippen LogP contribution in [-0.2, 0) is 6.42 Å². The van der Waals surface area contributed by atoms with E-state index in [2.05, 4.69) is 21.3 Å². The lowest BCUT2D eigenvalue weighted by atomic mass is 10.3. The Balaban J connectivity index is 2.87. The molecule has 68 valence electrons. The van der Waals surface area contributed by atoms with Gasteiger partial charge in [-0.15, -0.1) is 0 Å². The summed E-state index contributed by atoms with van der Waals surface area (Å²) < 4.78 is 2.12. The molecule has 0 aromatic carbocycles. The summed E-state index contributed by atoms with van der Waals surface area (Å²) >= 11 is 0. The van der Waals surface area contributed by atoms with Crippen molar-refractivity contribution in [1.29, 1.82) is 0 Å². The first kappa shape index (κ1) is 8.23. The molecule has 2 rings (SSSR count). The van der Waals surface area contributed by atoms with Crippen LogP contribution < -0.4 is 0 Å².